The summed E-state index contributed by atoms with van der Waals surface area (Å²) in [6.45, 7) is 2.58. The van der Waals surface area contributed by atoms with Gasteiger partial charge in [0.25, 0.3) is 5.91 Å². The largest absolute Gasteiger partial charge is 0.489 e. The average molecular weight is 468 g/mol. The Balaban J connectivity index is 1.44. The molecule has 172 valence electrons. The molecule has 2 N–H and O–H groups in total. The Kier molecular flexibility index (Phi) is 6.71. The summed E-state index contributed by atoms with van der Waals surface area (Å²) < 4.78 is 24.0. The molecule has 3 aromatic rings. The third kappa shape index (κ3) is 5.04. The number of methoxy groups -OCH3 is 1. The highest BCUT2D eigenvalue weighted by Crippen LogP contribution is 2.24. The molecule has 9 heteroatoms. The van der Waals surface area contributed by atoms with Gasteiger partial charge in [-0.1, -0.05) is 18.2 Å². The van der Waals surface area contributed by atoms with Crippen molar-refractivity contribution in [1.82, 2.24) is 15.6 Å². The molecule has 33 heavy (non-hydrogen) atoms. The average Bonchev–Trinajstić information content (AvgIpc) is 3.08. The van der Waals surface area contributed by atoms with Crippen LogP contribution in [0, 0.1) is 6.92 Å². The lowest BCUT2D eigenvalue weighted by molar-refractivity contribution is -0.123. The molecule has 1 fully saturated rings. The van der Waals surface area contributed by atoms with Crippen LogP contribution in [0.2, 0.25) is 0 Å². The molecule has 2 unspecified atom stereocenters. The maximum absolute atomic E-state index is 13.0. The molecular formula is C24H25N3O5S. The number of nitrogens with one attached hydrogen (secondary N) is 2. The summed E-state index contributed by atoms with van der Waals surface area (Å²) in [7, 11) is -0.00839. The number of aryl methyl sites for hydroxylation is 1. The van der Waals surface area contributed by atoms with Crippen LogP contribution >= 0.6 is 0 Å². The number of aromatic nitrogens is 1. The van der Waals surface area contributed by atoms with Crippen LogP contribution in [0.1, 0.15) is 17.7 Å². The first kappa shape index (κ1) is 22.9. The Morgan fingerprint density at radius 1 is 1.09 bits per heavy atom. The first-order valence-electron chi connectivity index (χ1n) is 10.5. The van der Waals surface area contributed by atoms with Crippen LogP contribution in [0.5, 0.6) is 5.75 Å². The van der Waals surface area contributed by atoms with Crippen molar-refractivity contribution in [3.8, 4) is 5.75 Å². The molecule has 0 radical (unpaired) electrons. The lowest BCUT2D eigenvalue weighted by atomic mass is 9.99. The fourth-order valence-corrected chi connectivity index (χ4v) is 5.23. The molecule has 1 saturated heterocycles. The van der Waals surface area contributed by atoms with Crippen LogP contribution in [-0.4, -0.2) is 46.1 Å². The third-order valence-electron chi connectivity index (χ3n) is 5.54. The van der Waals surface area contributed by atoms with Crippen LogP contribution in [-0.2, 0) is 26.9 Å². The monoisotopic (exact) mass is 467 g/mol. The van der Waals surface area contributed by atoms with Gasteiger partial charge in [0.05, 0.1) is 22.1 Å². The van der Waals surface area contributed by atoms with Gasteiger partial charge in [-0.15, -0.1) is 0 Å². The zero-order valence-corrected chi connectivity index (χ0v) is 19.2. The zero-order valence-electron chi connectivity index (χ0n) is 18.4. The van der Waals surface area contributed by atoms with Crippen molar-refractivity contribution in [2.24, 2.45) is 0 Å². The molecule has 2 aromatic carbocycles. The van der Waals surface area contributed by atoms with E-state index in [9.17, 15) is 13.8 Å². The van der Waals surface area contributed by atoms with Crippen LogP contribution in [0.15, 0.2) is 59.5 Å². The van der Waals surface area contributed by atoms with E-state index in [4.69, 9.17) is 9.47 Å². The Morgan fingerprint density at radius 3 is 2.55 bits per heavy atom. The number of carbonyl (C=O) groups excluding carboxylic acids is 2. The van der Waals surface area contributed by atoms with Gasteiger partial charge in [-0.3, -0.25) is 19.3 Å². The van der Waals surface area contributed by atoms with Crippen LogP contribution in [0.4, 0.5) is 4.79 Å². The molecule has 2 atom stereocenters. The van der Waals surface area contributed by atoms with E-state index in [-0.39, 0.29) is 18.8 Å². The number of para-hydroxylation sites is 1. The second-order valence-electron chi connectivity index (χ2n) is 7.92. The lowest BCUT2D eigenvalue weighted by Gasteiger charge is -2.25. The van der Waals surface area contributed by atoms with E-state index in [1.165, 1.54) is 7.11 Å². The predicted molar refractivity (Wildman–Crippen MR) is 124 cm³/mol. The summed E-state index contributed by atoms with van der Waals surface area (Å²) in [5.74, 6) is 0.101. The van der Waals surface area contributed by atoms with Crippen molar-refractivity contribution >= 4 is 33.6 Å². The number of nitrogens with zero attached hydrogens (tertiary/aromatic N) is 1. The zero-order chi connectivity index (χ0) is 23.4. The van der Waals surface area contributed by atoms with Gasteiger partial charge in [-0.05, 0) is 43.3 Å². The van der Waals surface area contributed by atoms with Crippen LogP contribution < -0.4 is 15.4 Å². The number of amides is 3. The van der Waals surface area contributed by atoms with Gasteiger partial charge in [0, 0.05) is 41.7 Å². The number of pyridine rings is 1. The molecule has 4 rings (SSSR count). The fraction of sp³-hybridized carbons (Fsp3) is 0.292. The minimum Gasteiger partial charge on any atom is -0.489 e. The first-order valence-corrected chi connectivity index (χ1v) is 11.8. The molecule has 0 aliphatic carbocycles. The molecular weight excluding hydrogens is 442 g/mol. The molecule has 1 aliphatic heterocycles. The first-order chi connectivity index (χ1) is 15.9. The summed E-state index contributed by atoms with van der Waals surface area (Å²) in [6, 6.07) is 16.3. The Bertz CT molecular complexity index is 1210. The standard InChI is InChI=1S/C24H25N3O5S/c1-16-13-17(20-5-3-4-6-21(20)25-16)14-32-18-7-9-19(10-8-18)33(30)15-24(11-12-31-2)22(28)26-23(29)27-24/h3-10,13H,11-12,14-15H2,1-2H3,(H2,26,27,28,29). The highest BCUT2D eigenvalue weighted by atomic mass is 32.2. The van der Waals surface area contributed by atoms with E-state index in [0.29, 0.717) is 17.3 Å². The molecule has 3 amide bonds. The number of carbonyl (C=O) groups is 2. The van der Waals surface area contributed by atoms with Crippen molar-refractivity contribution in [3.05, 3.63) is 65.9 Å². The second kappa shape index (κ2) is 9.68. The number of rotatable bonds is 9. The summed E-state index contributed by atoms with van der Waals surface area (Å²) in [5.41, 5.74) is 1.62. The number of benzene rings is 2. The van der Waals surface area contributed by atoms with Crippen LogP contribution in [0.3, 0.4) is 0 Å². The molecule has 8 nitrogen and oxygen atoms in total. The second-order valence-corrected chi connectivity index (χ2v) is 9.37. The van der Waals surface area contributed by atoms with Gasteiger partial charge in [-0.2, -0.15) is 0 Å². The topological polar surface area (TPSA) is 107 Å². The normalized spacial score (nSPS) is 18.7. The number of hydrogen-bond acceptors (Lipinski definition) is 6. The fourth-order valence-electron chi connectivity index (χ4n) is 3.82. The maximum Gasteiger partial charge on any atom is 0.322 e. The van der Waals surface area contributed by atoms with E-state index in [0.717, 1.165) is 22.2 Å². The number of ether oxygens (including phenoxy) is 2. The van der Waals surface area contributed by atoms with Gasteiger partial charge in [-0.25, -0.2) is 4.79 Å². The van der Waals surface area contributed by atoms with Crippen molar-refractivity contribution in [1.29, 1.82) is 0 Å². The molecule has 0 saturated carbocycles. The van der Waals surface area contributed by atoms with Crippen molar-refractivity contribution in [2.75, 3.05) is 19.5 Å². The van der Waals surface area contributed by atoms with E-state index >= 15 is 0 Å². The lowest BCUT2D eigenvalue weighted by Crippen LogP contribution is -2.52. The minimum atomic E-state index is -1.52. The minimum absolute atomic E-state index is 0.0452. The van der Waals surface area contributed by atoms with Gasteiger partial charge < -0.3 is 14.8 Å². The summed E-state index contributed by atoms with van der Waals surface area (Å²) >= 11 is 0. The van der Waals surface area contributed by atoms with Crippen molar-refractivity contribution < 1.29 is 23.3 Å². The van der Waals surface area contributed by atoms with E-state index < -0.39 is 28.3 Å². The summed E-state index contributed by atoms with van der Waals surface area (Å²) in [5, 5.41) is 5.89. The number of hydrogen-bond donors (Lipinski definition) is 2. The molecule has 2 heterocycles. The summed E-state index contributed by atoms with van der Waals surface area (Å²) in [6.07, 6.45) is 0.229. The number of fused-ring (bicyclic) bond motifs is 1. The SMILES string of the molecule is COCCC1(CS(=O)c2ccc(OCc3cc(C)nc4ccccc34)cc2)NC(=O)NC1=O. The van der Waals surface area contributed by atoms with Crippen molar-refractivity contribution in [3.63, 3.8) is 0 Å². The third-order valence-corrected chi connectivity index (χ3v) is 7.09. The quantitative estimate of drug-likeness (QED) is 0.469. The van der Waals surface area contributed by atoms with Crippen molar-refractivity contribution in [2.45, 2.75) is 30.4 Å². The maximum atomic E-state index is 13.0. The highest BCUT2D eigenvalue weighted by molar-refractivity contribution is 7.85. The Hall–Kier alpha value is -3.30. The van der Waals surface area contributed by atoms with E-state index in [1.54, 1.807) is 24.3 Å². The van der Waals surface area contributed by atoms with Gasteiger partial charge >= 0.3 is 6.03 Å². The predicted octanol–water partition coefficient (Wildman–Crippen LogP) is 2.84. The number of imide groups is 1. The summed E-state index contributed by atoms with van der Waals surface area (Å²) in [4.78, 5) is 29.1. The van der Waals surface area contributed by atoms with E-state index in [1.807, 2.05) is 37.3 Å². The molecule has 1 aromatic heterocycles. The smallest absolute Gasteiger partial charge is 0.322 e. The Morgan fingerprint density at radius 2 is 1.85 bits per heavy atom. The number of urea groups is 1. The van der Waals surface area contributed by atoms with Gasteiger partial charge in [0.2, 0.25) is 0 Å². The molecule has 0 spiro atoms. The molecule has 1 aliphatic rings. The van der Waals surface area contributed by atoms with E-state index in [2.05, 4.69) is 15.6 Å². The van der Waals surface area contributed by atoms with Gasteiger partial charge in [0.1, 0.15) is 17.9 Å². The Labute approximate surface area is 194 Å². The van der Waals surface area contributed by atoms with Crippen LogP contribution in [0.25, 0.3) is 10.9 Å². The highest BCUT2D eigenvalue weighted by Gasteiger charge is 2.47. The van der Waals surface area contributed by atoms with Gasteiger partial charge in [0.15, 0.2) is 0 Å². The molecule has 0 bridgehead atoms.